The molecule has 0 amide bonds. The van der Waals surface area contributed by atoms with Crippen LogP contribution in [-0.2, 0) is 0 Å². The zero-order valence-electron chi connectivity index (χ0n) is 11.4. The molecule has 0 fully saturated rings. The second-order valence-electron chi connectivity index (χ2n) is 4.76. The Balaban J connectivity index is 2.10. The standard InChI is InChI=1S/C19H17P/c1-16-10-8-9-15-19(16)20(17-11-4-2-5-12-17)18-13-6-3-7-14-18/h2-8,10-15H,1,9H2. The maximum atomic E-state index is 4.23. The SMILES string of the molecule is C=C1C=CCC=C1P(c1ccccc1)c1ccccc1. The van der Waals surface area contributed by atoms with E-state index >= 15 is 0 Å². The largest absolute Gasteiger partial charge is 0.0911 e. The molecule has 0 nitrogen and oxygen atoms in total. The van der Waals surface area contributed by atoms with E-state index in [0.29, 0.717) is 0 Å². The van der Waals surface area contributed by atoms with Crippen LogP contribution in [0.25, 0.3) is 0 Å². The van der Waals surface area contributed by atoms with E-state index in [1.807, 2.05) is 0 Å². The molecular formula is C19H17P. The molecule has 0 N–H and O–H groups in total. The molecule has 1 aliphatic rings. The van der Waals surface area contributed by atoms with Gasteiger partial charge in [-0.05, 0) is 35.8 Å². The molecule has 1 aliphatic carbocycles. The van der Waals surface area contributed by atoms with Crippen molar-refractivity contribution in [1.29, 1.82) is 0 Å². The number of hydrogen-bond acceptors (Lipinski definition) is 0. The Morgan fingerprint density at radius 1 is 0.800 bits per heavy atom. The van der Waals surface area contributed by atoms with Crippen molar-refractivity contribution < 1.29 is 0 Å². The lowest BCUT2D eigenvalue weighted by Crippen LogP contribution is -2.13. The zero-order chi connectivity index (χ0) is 13.8. The molecule has 2 aromatic rings. The number of benzene rings is 2. The normalized spacial score (nSPS) is 14.4. The summed E-state index contributed by atoms with van der Waals surface area (Å²) in [6.07, 6.45) is 7.66. The van der Waals surface area contributed by atoms with Gasteiger partial charge in [0.25, 0.3) is 0 Å². The van der Waals surface area contributed by atoms with Crippen molar-refractivity contribution in [2.75, 3.05) is 0 Å². The van der Waals surface area contributed by atoms with E-state index in [2.05, 4.69) is 85.5 Å². The summed E-state index contributed by atoms with van der Waals surface area (Å²) in [7, 11) is -0.498. The lowest BCUT2D eigenvalue weighted by atomic mass is 10.1. The topological polar surface area (TPSA) is 0 Å². The molecule has 20 heavy (non-hydrogen) atoms. The first kappa shape index (κ1) is 13.1. The van der Waals surface area contributed by atoms with Crippen LogP contribution in [0.4, 0.5) is 0 Å². The van der Waals surface area contributed by atoms with Gasteiger partial charge in [-0.2, -0.15) is 0 Å². The van der Waals surface area contributed by atoms with Gasteiger partial charge < -0.3 is 0 Å². The van der Waals surface area contributed by atoms with E-state index < -0.39 is 7.92 Å². The Morgan fingerprint density at radius 3 is 1.85 bits per heavy atom. The number of hydrogen-bond donors (Lipinski definition) is 0. The molecule has 0 atom stereocenters. The van der Waals surface area contributed by atoms with E-state index in [4.69, 9.17) is 0 Å². The minimum Gasteiger partial charge on any atom is -0.0911 e. The second-order valence-corrected chi connectivity index (χ2v) is 6.94. The molecule has 0 radical (unpaired) electrons. The monoisotopic (exact) mass is 276 g/mol. The highest BCUT2D eigenvalue weighted by atomic mass is 31.1. The molecule has 1 heteroatoms. The third kappa shape index (κ3) is 2.66. The van der Waals surface area contributed by atoms with Gasteiger partial charge >= 0.3 is 0 Å². The van der Waals surface area contributed by atoms with E-state index in [0.717, 1.165) is 12.0 Å². The average Bonchev–Trinajstić information content (AvgIpc) is 2.52. The number of rotatable bonds is 3. The average molecular weight is 276 g/mol. The summed E-state index contributed by atoms with van der Waals surface area (Å²) < 4.78 is 0. The molecule has 0 saturated carbocycles. The molecule has 2 aromatic carbocycles. The van der Waals surface area contributed by atoms with Crippen LogP contribution in [0.1, 0.15) is 6.42 Å². The third-order valence-electron chi connectivity index (χ3n) is 3.37. The fourth-order valence-corrected chi connectivity index (χ4v) is 4.87. The highest BCUT2D eigenvalue weighted by Gasteiger charge is 2.20. The Kier molecular flexibility index (Phi) is 3.95. The molecule has 98 valence electrons. The van der Waals surface area contributed by atoms with Gasteiger partial charge in [0, 0.05) is 0 Å². The van der Waals surface area contributed by atoms with Crippen molar-refractivity contribution in [3.8, 4) is 0 Å². The lowest BCUT2D eigenvalue weighted by Gasteiger charge is -2.24. The van der Waals surface area contributed by atoms with E-state index in [1.54, 1.807) is 0 Å². The second kappa shape index (κ2) is 6.03. The van der Waals surface area contributed by atoms with Gasteiger partial charge in [0.05, 0.1) is 0 Å². The van der Waals surface area contributed by atoms with Crippen molar-refractivity contribution >= 4 is 18.5 Å². The van der Waals surface area contributed by atoms with Crippen LogP contribution in [0.2, 0.25) is 0 Å². The Hall–Kier alpha value is -1.91. The quantitative estimate of drug-likeness (QED) is 0.723. The molecule has 0 spiro atoms. The number of allylic oxidation sites excluding steroid dienone is 5. The van der Waals surface area contributed by atoms with Crippen LogP contribution in [0, 0.1) is 0 Å². The van der Waals surface area contributed by atoms with E-state index in [-0.39, 0.29) is 0 Å². The van der Waals surface area contributed by atoms with Gasteiger partial charge in [-0.1, -0.05) is 85.5 Å². The van der Waals surface area contributed by atoms with Crippen LogP contribution < -0.4 is 10.6 Å². The van der Waals surface area contributed by atoms with Gasteiger partial charge in [-0.3, -0.25) is 0 Å². The Bertz CT molecular complexity index is 611. The van der Waals surface area contributed by atoms with Gasteiger partial charge in [0.15, 0.2) is 0 Å². The summed E-state index contributed by atoms with van der Waals surface area (Å²) in [6, 6.07) is 21.5. The van der Waals surface area contributed by atoms with Crippen molar-refractivity contribution in [2.45, 2.75) is 6.42 Å². The van der Waals surface area contributed by atoms with Gasteiger partial charge in [-0.15, -0.1) is 0 Å². The maximum Gasteiger partial charge on any atom is -0.0122 e. The zero-order valence-corrected chi connectivity index (χ0v) is 12.3. The molecular weight excluding hydrogens is 259 g/mol. The highest BCUT2D eigenvalue weighted by Crippen LogP contribution is 2.47. The molecule has 0 bridgehead atoms. The summed E-state index contributed by atoms with van der Waals surface area (Å²) >= 11 is 0. The molecule has 0 heterocycles. The Labute approximate surface area is 121 Å². The van der Waals surface area contributed by atoms with Crippen molar-refractivity contribution in [3.05, 3.63) is 96.4 Å². The first-order valence-electron chi connectivity index (χ1n) is 6.82. The summed E-state index contributed by atoms with van der Waals surface area (Å²) in [5.41, 5.74) is 1.15. The fourth-order valence-electron chi connectivity index (χ4n) is 2.42. The first-order chi connectivity index (χ1) is 9.86. The van der Waals surface area contributed by atoms with E-state index in [1.165, 1.54) is 15.9 Å². The first-order valence-corrected chi connectivity index (χ1v) is 8.16. The molecule has 0 aromatic heterocycles. The molecule has 0 aliphatic heterocycles. The summed E-state index contributed by atoms with van der Waals surface area (Å²) in [4.78, 5) is 0. The van der Waals surface area contributed by atoms with Crippen molar-refractivity contribution in [3.63, 3.8) is 0 Å². The smallest absolute Gasteiger partial charge is 0.0122 e. The van der Waals surface area contributed by atoms with Gasteiger partial charge in [0.2, 0.25) is 0 Å². The molecule has 0 saturated heterocycles. The van der Waals surface area contributed by atoms with Crippen LogP contribution >= 0.6 is 7.92 Å². The van der Waals surface area contributed by atoms with Gasteiger partial charge in [0.1, 0.15) is 0 Å². The van der Waals surface area contributed by atoms with Crippen LogP contribution in [0.15, 0.2) is 96.4 Å². The van der Waals surface area contributed by atoms with Crippen LogP contribution in [-0.4, -0.2) is 0 Å². The fraction of sp³-hybridized carbons (Fsp3) is 0.0526. The van der Waals surface area contributed by atoms with Crippen LogP contribution in [0.3, 0.4) is 0 Å². The summed E-state index contributed by atoms with van der Waals surface area (Å²) in [5, 5.41) is 4.16. The minimum atomic E-state index is -0.498. The lowest BCUT2D eigenvalue weighted by molar-refractivity contribution is 1.33. The third-order valence-corrected chi connectivity index (χ3v) is 5.95. The summed E-state index contributed by atoms with van der Waals surface area (Å²) in [6.45, 7) is 4.23. The highest BCUT2D eigenvalue weighted by molar-refractivity contribution is 7.77. The van der Waals surface area contributed by atoms with Crippen molar-refractivity contribution in [2.24, 2.45) is 0 Å². The molecule has 3 rings (SSSR count). The van der Waals surface area contributed by atoms with Crippen LogP contribution in [0.5, 0.6) is 0 Å². The maximum absolute atomic E-state index is 4.23. The summed E-state index contributed by atoms with van der Waals surface area (Å²) in [5.74, 6) is 0. The van der Waals surface area contributed by atoms with Gasteiger partial charge in [-0.25, -0.2) is 0 Å². The van der Waals surface area contributed by atoms with Crippen molar-refractivity contribution in [1.82, 2.24) is 0 Å². The molecule has 0 unspecified atom stereocenters. The Morgan fingerprint density at radius 2 is 1.35 bits per heavy atom. The van der Waals surface area contributed by atoms with E-state index in [9.17, 15) is 0 Å². The predicted octanol–water partition coefficient (Wildman–Crippen LogP) is 4.52. The predicted molar refractivity (Wildman–Crippen MR) is 90.1 cm³/mol. The minimum absolute atomic E-state index is 0.498.